The fourth-order valence-corrected chi connectivity index (χ4v) is 37.9. The molecule has 2 atom stereocenters. The molecule has 2 unspecified atom stereocenters. The predicted octanol–water partition coefficient (Wildman–Crippen LogP) is 7.72. The molecule has 51 heavy (non-hydrogen) atoms. The molecule has 0 fully saturated rings. The molecule has 0 saturated carbocycles. The Kier molecular flexibility index (Phi) is 12.3. The van der Waals surface area contributed by atoms with E-state index in [4.69, 9.17) is 0 Å². The second kappa shape index (κ2) is 15.0. The van der Waals surface area contributed by atoms with Gasteiger partial charge in [-0.15, -0.1) is 0 Å². The Hall–Kier alpha value is -1.97. The topological polar surface area (TPSA) is 0 Å². The van der Waals surface area contributed by atoms with Crippen LogP contribution in [0, 0.1) is 6.92 Å². The molecule has 0 radical (unpaired) electrons. The molecular weight excluding hydrogens is 842 g/mol. The summed E-state index contributed by atoms with van der Waals surface area (Å²) in [5.41, 5.74) is 20.6. The summed E-state index contributed by atoms with van der Waals surface area (Å²) in [5, 5.41) is 0. The van der Waals surface area contributed by atoms with Gasteiger partial charge in [-0.3, -0.25) is 0 Å². The van der Waals surface area contributed by atoms with E-state index in [9.17, 15) is 0 Å². The Morgan fingerprint density at radius 2 is 1.04 bits per heavy atom. The summed E-state index contributed by atoms with van der Waals surface area (Å²) in [6.45, 7) is 33.6. The molecule has 0 aromatic heterocycles. The molecule has 4 aromatic rings. The van der Waals surface area contributed by atoms with Crippen LogP contribution in [0.25, 0.3) is 34.4 Å². The van der Waals surface area contributed by atoms with E-state index in [1.165, 1.54) is 55.6 Å². The van der Waals surface area contributed by atoms with Gasteiger partial charge in [0.1, 0.15) is 0 Å². The third-order valence-electron chi connectivity index (χ3n) is 11.1. The number of benzene rings is 4. The largest absolute Gasteiger partial charge is 1.00 e. The number of hydrogen-bond donors (Lipinski definition) is 0. The maximum atomic E-state index is 2.65. The first-order chi connectivity index (χ1) is 22.8. The van der Waals surface area contributed by atoms with Crippen molar-refractivity contribution in [2.75, 3.05) is 0 Å². The number of hydrogen-bond acceptors (Lipinski definition) is 0. The molecule has 0 amide bonds. The van der Waals surface area contributed by atoms with Crippen LogP contribution in [0.1, 0.15) is 128 Å². The number of halogens is 2. The van der Waals surface area contributed by atoms with Gasteiger partial charge in [-0.2, -0.15) is 0 Å². The summed E-state index contributed by atoms with van der Waals surface area (Å²) < 4.78 is 1.27. The van der Waals surface area contributed by atoms with Crippen LogP contribution in [0.15, 0.2) is 83.9 Å². The van der Waals surface area contributed by atoms with Gasteiger partial charge >= 0.3 is 308 Å². The summed E-state index contributed by atoms with van der Waals surface area (Å²) >= 11 is -2.44. The average molecular weight is 900 g/mol. The van der Waals surface area contributed by atoms with Crippen molar-refractivity contribution in [3.05, 3.63) is 128 Å². The van der Waals surface area contributed by atoms with Crippen LogP contribution in [0.4, 0.5) is 0 Å². The Bertz CT molecular complexity index is 2020. The van der Waals surface area contributed by atoms with Crippen molar-refractivity contribution in [1.29, 1.82) is 0 Å². The number of aryl methyl sites for hydroxylation is 1. The predicted molar refractivity (Wildman–Crippen MR) is 215 cm³/mol. The van der Waals surface area contributed by atoms with Crippen molar-refractivity contribution in [2.45, 2.75) is 120 Å². The van der Waals surface area contributed by atoms with E-state index in [0.717, 1.165) is 0 Å². The molecule has 0 bridgehead atoms. The molecule has 0 nitrogen and oxygen atoms in total. The van der Waals surface area contributed by atoms with E-state index in [0.29, 0.717) is 7.35 Å². The van der Waals surface area contributed by atoms with Crippen molar-refractivity contribution >= 4 is 17.6 Å². The molecule has 0 heterocycles. The Labute approximate surface area is 330 Å². The third-order valence-corrected chi connectivity index (χ3v) is 39.4. The van der Waals surface area contributed by atoms with Crippen LogP contribution < -0.4 is 24.8 Å². The quantitative estimate of drug-likeness (QED) is 0.184. The van der Waals surface area contributed by atoms with Gasteiger partial charge in [0, 0.05) is 0 Å². The summed E-state index contributed by atoms with van der Waals surface area (Å²) in [6, 6.07) is 28.9. The molecule has 0 spiro atoms. The monoisotopic (exact) mass is 900 g/mol. The molecule has 4 aromatic carbocycles. The van der Waals surface area contributed by atoms with Crippen LogP contribution in [0.5, 0.6) is 0 Å². The van der Waals surface area contributed by atoms with Crippen LogP contribution in [-0.4, -0.2) is 5.49 Å². The van der Waals surface area contributed by atoms with E-state index in [1.807, 2.05) is 0 Å². The fourth-order valence-electron chi connectivity index (χ4n) is 8.23. The molecule has 0 aliphatic heterocycles. The minimum absolute atomic E-state index is 0. The molecule has 6 rings (SSSR count). The molecule has 2 aliphatic carbocycles. The van der Waals surface area contributed by atoms with Crippen molar-refractivity contribution in [3.8, 4) is 22.3 Å². The minimum Gasteiger partial charge on any atom is -1.00 e. The molecule has 268 valence electrons. The Balaban J connectivity index is 0.00000292. The van der Waals surface area contributed by atoms with Gasteiger partial charge in [-0.05, 0) is 0 Å². The fraction of sp³-hybridized carbons (Fsp3) is 0.404. The van der Waals surface area contributed by atoms with Gasteiger partial charge < -0.3 is 24.8 Å². The summed E-state index contributed by atoms with van der Waals surface area (Å²) in [7, 11) is 0. The first kappa shape index (κ1) is 41.8. The first-order valence-corrected chi connectivity index (χ1v) is 30.4. The molecular formula is C47H58Cl2HfSi. The van der Waals surface area contributed by atoms with E-state index in [-0.39, 0.29) is 41.1 Å². The zero-order chi connectivity index (χ0) is 35.8. The average Bonchev–Trinajstić information content (AvgIpc) is 3.52. The normalized spacial score (nSPS) is 16.6. The second-order valence-electron chi connectivity index (χ2n) is 18.3. The van der Waals surface area contributed by atoms with Crippen molar-refractivity contribution in [3.63, 3.8) is 0 Å². The SMILES string of the molecule is CC1=Cc2c(-c3ccc(C(C)(C)C)cc3)cccc2[CH]1[Hf+2]([CH]1C(C)=Cc2c(-c3cc(C(C)(C)C)cc(C(C)(C)C)c3)ccc(C)c21)=[Si](C)C.[Cl-].[Cl-]. The maximum absolute atomic E-state index is 2.65. The van der Waals surface area contributed by atoms with Crippen LogP contribution in [0.3, 0.4) is 0 Å². The zero-order valence-corrected chi connectivity index (χ0v) is 39.6. The molecule has 2 aliphatic rings. The van der Waals surface area contributed by atoms with E-state index in [2.05, 4.69) is 181 Å². The third kappa shape index (κ3) is 7.96. The standard InChI is InChI=1S/C25H31.C20H21.C2H6Si.2ClH.Hf/c1-16-11-22-17(2)9-10-21(23(22)12-16)18-13-19(24(3,4)5)15-20(14-18)25(6,7)8;1-14-12-16-6-5-7-18(19(16)13-14)15-8-10-17(11-9-15)20(2,3)4;1-3-2;;;/h9-15H,1-8H3;5-13H,1-4H3;1-2H3;2*1H;/q;;;;;+2/p-2. The van der Waals surface area contributed by atoms with Gasteiger partial charge in [-0.1, -0.05) is 0 Å². The van der Waals surface area contributed by atoms with Crippen molar-refractivity contribution in [2.24, 2.45) is 0 Å². The van der Waals surface area contributed by atoms with E-state index in [1.54, 1.807) is 22.3 Å². The summed E-state index contributed by atoms with van der Waals surface area (Å²) in [6.07, 6.45) is 5.19. The van der Waals surface area contributed by atoms with E-state index < -0.39 is 25.6 Å². The molecule has 4 heteroatoms. The second-order valence-corrected chi connectivity index (χ2v) is 43.2. The maximum Gasteiger partial charge on any atom is -1.00 e. The minimum atomic E-state index is -2.44. The van der Waals surface area contributed by atoms with Crippen molar-refractivity contribution < 1.29 is 44.9 Å². The zero-order valence-electron chi connectivity index (χ0n) is 33.5. The van der Waals surface area contributed by atoms with Gasteiger partial charge in [0.25, 0.3) is 0 Å². The van der Waals surface area contributed by atoms with Gasteiger partial charge in [0.2, 0.25) is 0 Å². The van der Waals surface area contributed by atoms with Gasteiger partial charge in [0.15, 0.2) is 0 Å². The summed E-state index contributed by atoms with van der Waals surface area (Å²) in [5.74, 6) is 0. The van der Waals surface area contributed by atoms with Crippen LogP contribution in [0.2, 0.25) is 13.1 Å². The van der Waals surface area contributed by atoms with Crippen LogP contribution >= 0.6 is 0 Å². The number of rotatable bonds is 4. The van der Waals surface area contributed by atoms with Crippen molar-refractivity contribution in [1.82, 2.24) is 0 Å². The number of fused-ring (bicyclic) bond motifs is 2. The Morgan fingerprint density at radius 1 is 0.529 bits per heavy atom. The van der Waals surface area contributed by atoms with E-state index >= 15 is 0 Å². The van der Waals surface area contributed by atoms with Gasteiger partial charge in [0.05, 0.1) is 0 Å². The number of allylic oxidation sites excluding steroid dienone is 2. The Morgan fingerprint density at radius 3 is 1.57 bits per heavy atom. The van der Waals surface area contributed by atoms with Gasteiger partial charge in [-0.25, -0.2) is 0 Å². The smallest absolute Gasteiger partial charge is 1.00 e. The summed E-state index contributed by atoms with van der Waals surface area (Å²) in [4.78, 5) is 0. The van der Waals surface area contributed by atoms with Crippen LogP contribution in [-0.2, 0) is 36.3 Å². The molecule has 0 N–H and O–H groups in total. The molecule has 0 saturated heterocycles. The first-order valence-electron chi connectivity index (χ1n) is 18.3.